The Kier molecular flexibility index (Phi) is 1.93. The second-order valence-electron chi connectivity index (χ2n) is 2.78. The number of fused-ring (bicyclic) bond motifs is 1. The fourth-order valence-electron chi connectivity index (χ4n) is 1.35. The predicted molar refractivity (Wildman–Crippen MR) is 49.4 cm³/mol. The Balaban J connectivity index is 2.56. The number of halogens is 1. The zero-order valence-electron chi connectivity index (χ0n) is 7.30. The minimum absolute atomic E-state index is 0.272. The number of aromatic amines is 1. The Labute approximate surface area is 75.3 Å². The van der Waals surface area contributed by atoms with Crippen molar-refractivity contribution in [2.24, 2.45) is 0 Å². The Hall–Kier alpha value is -1.51. The van der Waals surface area contributed by atoms with E-state index < -0.39 is 0 Å². The number of ether oxygens (including phenoxy) is 1. The van der Waals surface area contributed by atoms with Crippen molar-refractivity contribution in [3.8, 4) is 5.75 Å². The molecular formula is C10H10FNO. The number of benzene rings is 1. The lowest BCUT2D eigenvalue weighted by atomic mass is 10.2. The summed E-state index contributed by atoms with van der Waals surface area (Å²) in [6.07, 6.45) is 1.71. The normalized spacial score (nSPS) is 10.6. The molecular weight excluding hydrogens is 169 g/mol. The van der Waals surface area contributed by atoms with Crippen LogP contribution in [0.15, 0.2) is 24.4 Å². The molecule has 0 fully saturated rings. The number of aromatic nitrogens is 1. The van der Waals surface area contributed by atoms with Crippen molar-refractivity contribution in [2.75, 3.05) is 6.61 Å². The van der Waals surface area contributed by atoms with Gasteiger partial charge in [0.2, 0.25) is 0 Å². The van der Waals surface area contributed by atoms with E-state index in [9.17, 15) is 4.39 Å². The molecule has 0 unspecified atom stereocenters. The first kappa shape index (κ1) is 8.10. The zero-order valence-corrected chi connectivity index (χ0v) is 7.30. The molecule has 3 heteroatoms. The summed E-state index contributed by atoms with van der Waals surface area (Å²) in [6, 6.07) is 5.03. The lowest BCUT2D eigenvalue weighted by Crippen LogP contribution is -1.92. The van der Waals surface area contributed by atoms with Crippen LogP contribution in [0.2, 0.25) is 0 Å². The number of rotatable bonds is 2. The van der Waals surface area contributed by atoms with Gasteiger partial charge in [0.05, 0.1) is 12.1 Å². The lowest BCUT2D eigenvalue weighted by Gasteiger charge is -2.02. The summed E-state index contributed by atoms with van der Waals surface area (Å²) in [6.45, 7) is 2.43. The molecule has 13 heavy (non-hydrogen) atoms. The number of hydrogen-bond donors (Lipinski definition) is 1. The first-order chi connectivity index (χ1) is 6.31. The van der Waals surface area contributed by atoms with Crippen LogP contribution in [0.3, 0.4) is 0 Å². The number of nitrogens with one attached hydrogen (secondary N) is 1. The average Bonchev–Trinajstić information content (AvgIpc) is 2.53. The molecule has 1 aromatic carbocycles. The SMILES string of the molecule is CCOc1cc(F)c2[nH]ccc2c1. The van der Waals surface area contributed by atoms with Gasteiger partial charge in [-0.3, -0.25) is 0 Å². The van der Waals surface area contributed by atoms with E-state index >= 15 is 0 Å². The molecule has 1 aromatic heterocycles. The molecule has 0 aliphatic carbocycles. The molecule has 0 spiro atoms. The van der Waals surface area contributed by atoms with Crippen LogP contribution in [-0.4, -0.2) is 11.6 Å². The van der Waals surface area contributed by atoms with E-state index in [1.54, 1.807) is 6.20 Å². The second-order valence-corrected chi connectivity index (χ2v) is 2.78. The maximum absolute atomic E-state index is 13.3. The molecule has 68 valence electrons. The Morgan fingerprint density at radius 2 is 2.31 bits per heavy atom. The van der Waals surface area contributed by atoms with Crippen molar-refractivity contribution in [3.63, 3.8) is 0 Å². The summed E-state index contributed by atoms with van der Waals surface area (Å²) < 4.78 is 18.5. The van der Waals surface area contributed by atoms with E-state index in [0.717, 1.165) is 5.39 Å². The second kappa shape index (κ2) is 3.09. The maximum Gasteiger partial charge on any atom is 0.150 e. The summed E-state index contributed by atoms with van der Waals surface area (Å²) >= 11 is 0. The zero-order chi connectivity index (χ0) is 9.26. The first-order valence-electron chi connectivity index (χ1n) is 4.20. The molecule has 1 N–H and O–H groups in total. The van der Waals surface area contributed by atoms with Crippen molar-refractivity contribution in [1.82, 2.24) is 4.98 Å². The van der Waals surface area contributed by atoms with Crippen molar-refractivity contribution < 1.29 is 9.13 Å². The Bertz CT molecular complexity index is 422. The summed E-state index contributed by atoms with van der Waals surface area (Å²) in [5.41, 5.74) is 0.531. The minimum atomic E-state index is -0.272. The van der Waals surface area contributed by atoms with Gasteiger partial charge >= 0.3 is 0 Å². The van der Waals surface area contributed by atoms with E-state index in [4.69, 9.17) is 4.74 Å². The van der Waals surface area contributed by atoms with E-state index in [2.05, 4.69) is 4.98 Å². The van der Waals surface area contributed by atoms with Crippen LogP contribution < -0.4 is 4.74 Å². The van der Waals surface area contributed by atoms with Crippen LogP contribution in [0.25, 0.3) is 10.9 Å². The monoisotopic (exact) mass is 179 g/mol. The molecule has 2 rings (SSSR count). The Morgan fingerprint density at radius 1 is 1.46 bits per heavy atom. The molecule has 0 atom stereocenters. The fourth-order valence-corrected chi connectivity index (χ4v) is 1.35. The molecule has 0 aliphatic heterocycles. The van der Waals surface area contributed by atoms with Crippen LogP contribution in [0.5, 0.6) is 5.75 Å². The van der Waals surface area contributed by atoms with Gasteiger partial charge in [-0.2, -0.15) is 0 Å². The summed E-state index contributed by atoms with van der Waals surface area (Å²) in [4.78, 5) is 2.83. The van der Waals surface area contributed by atoms with Crippen LogP contribution >= 0.6 is 0 Å². The van der Waals surface area contributed by atoms with Crippen LogP contribution in [0, 0.1) is 5.82 Å². The highest BCUT2D eigenvalue weighted by atomic mass is 19.1. The topological polar surface area (TPSA) is 25.0 Å². The molecule has 0 saturated carbocycles. The van der Waals surface area contributed by atoms with Crippen LogP contribution in [0.1, 0.15) is 6.92 Å². The van der Waals surface area contributed by atoms with Gasteiger partial charge < -0.3 is 9.72 Å². The van der Waals surface area contributed by atoms with E-state index in [0.29, 0.717) is 17.9 Å². The quantitative estimate of drug-likeness (QED) is 0.753. The average molecular weight is 179 g/mol. The molecule has 1 heterocycles. The molecule has 2 aromatic rings. The standard InChI is InChI=1S/C10H10FNO/c1-2-13-8-5-7-3-4-12-10(7)9(11)6-8/h3-6,12H,2H2,1H3. The van der Waals surface area contributed by atoms with Gasteiger partial charge in [-0.15, -0.1) is 0 Å². The highest BCUT2D eigenvalue weighted by molar-refractivity contribution is 5.81. The van der Waals surface area contributed by atoms with Crippen molar-refractivity contribution >= 4 is 10.9 Å². The molecule has 0 aliphatic rings. The number of H-pyrrole nitrogens is 1. The molecule has 2 nitrogen and oxygen atoms in total. The minimum Gasteiger partial charge on any atom is -0.494 e. The first-order valence-corrected chi connectivity index (χ1v) is 4.20. The summed E-state index contributed by atoms with van der Waals surface area (Å²) in [5.74, 6) is 0.304. The Morgan fingerprint density at radius 3 is 3.08 bits per heavy atom. The third-order valence-corrected chi connectivity index (χ3v) is 1.90. The summed E-state index contributed by atoms with van der Waals surface area (Å²) in [5, 5.41) is 0.837. The molecule has 0 saturated heterocycles. The number of hydrogen-bond acceptors (Lipinski definition) is 1. The lowest BCUT2D eigenvalue weighted by molar-refractivity contribution is 0.339. The van der Waals surface area contributed by atoms with Crippen LogP contribution in [0.4, 0.5) is 4.39 Å². The van der Waals surface area contributed by atoms with Crippen molar-refractivity contribution in [3.05, 3.63) is 30.2 Å². The van der Waals surface area contributed by atoms with Gasteiger partial charge in [0, 0.05) is 17.6 Å². The maximum atomic E-state index is 13.3. The third kappa shape index (κ3) is 1.37. The predicted octanol–water partition coefficient (Wildman–Crippen LogP) is 2.71. The highest BCUT2D eigenvalue weighted by Crippen LogP contribution is 2.23. The van der Waals surface area contributed by atoms with E-state index in [1.807, 2.05) is 19.1 Å². The smallest absolute Gasteiger partial charge is 0.150 e. The third-order valence-electron chi connectivity index (χ3n) is 1.90. The van der Waals surface area contributed by atoms with Gasteiger partial charge in [0.1, 0.15) is 5.75 Å². The van der Waals surface area contributed by atoms with Gasteiger partial charge in [-0.05, 0) is 19.1 Å². The van der Waals surface area contributed by atoms with Crippen molar-refractivity contribution in [1.29, 1.82) is 0 Å². The molecule has 0 radical (unpaired) electrons. The molecule has 0 amide bonds. The largest absolute Gasteiger partial charge is 0.494 e. The van der Waals surface area contributed by atoms with E-state index in [-0.39, 0.29) is 5.82 Å². The highest BCUT2D eigenvalue weighted by Gasteiger charge is 2.04. The van der Waals surface area contributed by atoms with Gasteiger partial charge in [-0.1, -0.05) is 0 Å². The van der Waals surface area contributed by atoms with Gasteiger partial charge in [-0.25, -0.2) is 4.39 Å². The fraction of sp³-hybridized carbons (Fsp3) is 0.200. The molecule has 0 bridgehead atoms. The van der Waals surface area contributed by atoms with Crippen molar-refractivity contribution in [2.45, 2.75) is 6.92 Å². The van der Waals surface area contributed by atoms with E-state index in [1.165, 1.54) is 6.07 Å². The van der Waals surface area contributed by atoms with Gasteiger partial charge in [0.15, 0.2) is 5.82 Å². The van der Waals surface area contributed by atoms with Gasteiger partial charge in [0.25, 0.3) is 0 Å². The van der Waals surface area contributed by atoms with Crippen LogP contribution in [-0.2, 0) is 0 Å². The summed E-state index contributed by atoms with van der Waals surface area (Å²) in [7, 11) is 0.